The third-order valence-corrected chi connectivity index (χ3v) is 3.93. The van der Waals surface area contributed by atoms with E-state index in [4.69, 9.17) is 0 Å². The number of aliphatic hydroxyl groups is 1. The maximum Gasteiger partial charge on any atom is 0.315 e. The summed E-state index contributed by atoms with van der Waals surface area (Å²) in [6.45, 7) is 4.09. The third-order valence-electron chi connectivity index (χ3n) is 3.93. The molecule has 0 aromatic carbocycles. The Labute approximate surface area is 131 Å². The Kier molecular flexibility index (Phi) is 6.06. The molecule has 0 spiro atoms. The van der Waals surface area contributed by atoms with E-state index in [-0.39, 0.29) is 12.1 Å². The molecule has 1 aliphatic rings. The average Bonchev–Trinajstić information content (AvgIpc) is 2.92. The average molecular weight is 309 g/mol. The zero-order valence-corrected chi connectivity index (χ0v) is 13.5. The smallest absolute Gasteiger partial charge is 0.315 e. The van der Waals surface area contributed by atoms with E-state index in [1.807, 2.05) is 26.4 Å². The van der Waals surface area contributed by atoms with E-state index in [2.05, 4.69) is 20.6 Å². The Morgan fingerprint density at radius 3 is 3.09 bits per heavy atom. The van der Waals surface area contributed by atoms with E-state index >= 15 is 0 Å². The standard InChI is InChI=1S/C15H27N5O2/c1-3-5-14(21)9-16-15(22)18-12-6-4-7-20(10-12)13-8-17-19(2)11-13/h8,11-12,14,21H,3-7,9-10H2,1-2H3,(H2,16,18,22). The minimum Gasteiger partial charge on any atom is -0.391 e. The van der Waals surface area contributed by atoms with Gasteiger partial charge in [-0.15, -0.1) is 0 Å². The Bertz CT molecular complexity index is 476. The summed E-state index contributed by atoms with van der Waals surface area (Å²) in [5.74, 6) is 0. The van der Waals surface area contributed by atoms with Crippen LogP contribution in [0.3, 0.4) is 0 Å². The number of carbonyl (C=O) groups is 1. The third kappa shape index (κ3) is 4.91. The van der Waals surface area contributed by atoms with Gasteiger partial charge in [-0.1, -0.05) is 13.3 Å². The van der Waals surface area contributed by atoms with Gasteiger partial charge in [-0.2, -0.15) is 5.10 Å². The zero-order valence-electron chi connectivity index (χ0n) is 13.5. The first-order valence-corrected chi connectivity index (χ1v) is 8.04. The highest BCUT2D eigenvalue weighted by molar-refractivity contribution is 5.74. The fourth-order valence-electron chi connectivity index (χ4n) is 2.78. The van der Waals surface area contributed by atoms with Gasteiger partial charge >= 0.3 is 6.03 Å². The highest BCUT2D eigenvalue weighted by atomic mass is 16.3. The van der Waals surface area contributed by atoms with Crippen LogP contribution in [-0.2, 0) is 7.05 Å². The molecule has 0 saturated carbocycles. The Balaban J connectivity index is 1.76. The van der Waals surface area contributed by atoms with Crippen LogP contribution >= 0.6 is 0 Å². The van der Waals surface area contributed by atoms with Crippen LogP contribution < -0.4 is 15.5 Å². The molecule has 2 unspecified atom stereocenters. The van der Waals surface area contributed by atoms with Crippen molar-refractivity contribution in [2.75, 3.05) is 24.5 Å². The van der Waals surface area contributed by atoms with Crippen molar-refractivity contribution in [3.05, 3.63) is 12.4 Å². The molecule has 2 heterocycles. The van der Waals surface area contributed by atoms with Crippen LogP contribution in [0.5, 0.6) is 0 Å². The van der Waals surface area contributed by atoms with Gasteiger partial charge in [0.05, 0.1) is 18.0 Å². The van der Waals surface area contributed by atoms with Gasteiger partial charge in [0.15, 0.2) is 0 Å². The topological polar surface area (TPSA) is 82.4 Å². The quantitative estimate of drug-likeness (QED) is 0.727. The normalized spacial score (nSPS) is 19.8. The highest BCUT2D eigenvalue weighted by Gasteiger charge is 2.22. The van der Waals surface area contributed by atoms with Crippen molar-refractivity contribution in [3.63, 3.8) is 0 Å². The van der Waals surface area contributed by atoms with Gasteiger partial charge in [0.1, 0.15) is 0 Å². The minimum atomic E-state index is -0.464. The number of nitrogens with one attached hydrogen (secondary N) is 2. The molecule has 3 N–H and O–H groups in total. The molecular formula is C15H27N5O2. The second-order valence-electron chi connectivity index (χ2n) is 5.95. The van der Waals surface area contributed by atoms with E-state index in [1.165, 1.54) is 0 Å². The van der Waals surface area contributed by atoms with Crippen molar-refractivity contribution < 1.29 is 9.90 Å². The number of urea groups is 1. The largest absolute Gasteiger partial charge is 0.391 e. The number of aryl methyl sites for hydroxylation is 1. The van der Waals surface area contributed by atoms with Crippen LogP contribution in [0, 0.1) is 0 Å². The van der Waals surface area contributed by atoms with E-state index in [1.54, 1.807) is 4.68 Å². The van der Waals surface area contributed by atoms with Gasteiger partial charge in [0, 0.05) is 38.9 Å². The number of rotatable bonds is 6. The van der Waals surface area contributed by atoms with Gasteiger partial charge in [-0.25, -0.2) is 4.79 Å². The predicted molar refractivity (Wildman–Crippen MR) is 85.9 cm³/mol. The number of aromatic nitrogens is 2. The summed E-state index contributed by atoms with van der Waals surface area (Å²) in [5, 5.41) is 19.6. The molecular weight excluding hydrogens is 282 g/mol. The van der Waals surface area contributed by atoms with Crippen molar-refractivity contribution in [3.8, 4) is 0 Å². The summed E-state index contributed by atoms with van der Waals surface area (Å²) >= 11 is 0. The van der Waals surface area contributed by atoms with Crippen molar-refractivity contribution in [2.24, 2.45) is 7.05 Å². The van der Waals surface area contributed by atoms with Crippen molar-refractivity contribution in [2.45, 2.75) is 44.8 Å². The highest BCUT2D eigenvalue weighted by Crippen LogP contribution is 2.18. The lowest BCUT2D eigenvalue weighted by Crippen LogP contribution is -2.51. The van der Waals surface area contributed by atoms with Gasteiger partial charge < -0.3 is 20.6 Å². The lowest BCUT2D eigenvalue weighted by atomic mass is 10.1. The van der Waals surface area contributed by atoms with Gasteiger partial charge in [0.2, 0.25) is 0 Å². The van der Waals surface area contributed by atoms with Crippen LogP contribution in [0.2, 0.25) is 0 Å². The number of nitrogens with zero attached hydrogens (tertiary/aromatic N) is 3. The number of amides is 2. The van der Waals surface area contributed by atoms with Crippen molar-refractivity contribution in [1.82, 2.24) is 20.4 Å². The fraction of sp³-hybridized carbons (Fsp3) is 0.733. The summed E-state index contributed by atoms with van der Waals surface area (Å²) in [7, 11) is 1.90. The van der Waals surface area contributed by atoms with E-state index in [0.29, 0.717) is 13.0 Å². The molecule has 22 heavy (non-hydrogen) atoms. The lowest BCUT2D eigenvalue weighted by Gasteiger charge is -2.33. The number of anilines is 1. The first-order valence-electron chi connectivity index (χ1n) is 8.04. The molecule has 2 rings (SSSR count). The Morgan fingerprint density at radius 2 is 2.41 bits per heavy atom. The van der Waals surface area contributed by atoms with E-state index in [9.17, 15) is 9.90 Å². The fourth-order valence-corrected chi connectivity index (χ4v) is 2.78. The van der Waals surface area contributed by atoms with E-state index in [0.717, 1.165) is 38.0 Å². The molecule has 0 aliphatic carbocycles. The van der Waals surface area contributed by atoms with Gasteiger partial charge in [0.25, 0.3) is 0 Å². The number of piperidine rings is 1. The monoisotopic (exact) mass is 309 g/mol. The first-order chi connectivity index (χ1) is 10.6. The maximum absolute atomic E-state index is 11.9. The van der Waals surface area contributed by atoms with Crippen molar-refractivity contribution in [1.29, 1.82) is 0 Å². The summed E-state index contributed by atoms with van der Waals surface area (Å²) in [6, 6.07) is -0.0783. The Hall–Kier alpha value is -1.76. The SMILES string of the molecule is CCCC(O)CNC(=O)NC1CCCN(c2cnn(C)c2)C1. The molecule has 1 aliphatic heterocycles. The molecule has 7 nitrogen and oxygen atoms in total. The number of hydrogen-bond acceptors (Lipinski definition) is 4. The summed E-state index contributed by atoms with van der Waals surface area (Å²) < 4.78 is 1.79. The van der Waals surface area contributed by atoms with Crippen LogP contribution in [0.25, 0.3) is 0 Å². The van der Waals surface area contributed by atoms with Crippen LogP contribution in [0.1, 0.15) is 32.6 Å². The van der Waals surface area contributed by atoms with Crippen LogP contribution in [-0.4, -0.2) is 52.7 Å². The van der Waals surface area contributed by atoms with Crippen LogP contribution in [0.15, 0.2) is 12.4 Å². The molecule has 2 amide bonds. The molecule has 1 aromatic rings. The zero-order chi connectivity index (χ0) is 15.9. The summed E-state index contributed by atoms with van der Waals surface area (Å²) in [5.41, 5.74) is 1.09. The predicted octanol–water partition coefficient (Wildman–Crippen LogP) is 0.849. The Morgan fingerprint density at radius 1 is 1.59 bits per heavy atom. The molecule has 0 bridgehead atoms. The van der Waals surface area contributed by atoms with Crippen LogP contribution in [0.4, 0.5) is 10.5 Å². The molecule has 1 fully saturated rings. The number of carbonyl (C=O) groups excluding carboxylic acids is 1. The van der Waals surface area contributed by atoms with Crippen molar-refractivity contribution >= 4 is 11.7 Å². The van der Waals surface area contributed by atoms with E-state index < -0.39 is 6.10 Å². The summed E-state index contributed by atoms with van der Waals surface area (Å²) in [4.78, 5) is 14.1. The lowest BCUT2D eigenvalue weighted by molar-refractivity contribution is 0.159. The first kappa shape index (κ1) is 16.6. The molecule has 124 valence electrons. The van der Waals surface area contributed by atoms with Gasteiger partial charge in [-0.05, 0) is 19.3 Å². The second kappa shape index (κ2) is 8.03. The molecule has 2 atom stereocenters. The minimum absolute atomic E-state index is 0.122. The molecule has 7 heteroatoms. The second-order valence-corrected chi connectivity index (χ2v) is 5.95. The molecule has 1 aromatic heterocycles. The van der Waals surface area contributed by atoms with Gasteiger partial charge in [-0.3, -0.25) is 4.68 Å². The molecule has 1 saturated heterocycles. The molecule has 0 radical (unpaired) electrons. The number of aliphatic hydroxyl groups excluding tert-OH is 1. The maximum atomic E-state index is 11.9. The number of hydrogen-bond donors (Lipinski definition) is 3. The summed E-state index contributed by atoms with van der Waals surface area (Å²) in [6.07, 6.45) is 7.01.